The van der Waals surface area contributed by atoms with Crippen molar-refractivity contribution in [2.75, 3.05) is 32.7 Å². The lowest BCUT2D eigenvalue weighted by Gasteiger charge is -2.53. The van der Waals surface area contributed by atoms with Crippen LogP contribution in [0.1, 0.15) is 55.4 Å². The van der Waals surface area contributed by atoms with E-state index in [0.29, 0.717) is 17.6 Å². The summed E-state index contributed by atoms with van der Waals surface area (Å²) < 4.78 is 0. The first kappa shape index (κ1) is 17.2. The molecule has 2 aliphatic heterocycles. The summed E-state index contributed by atoms with van der Waals surface area (Å²) in [6.07, 6.45) is 0. The summed E-state index contributed by atoms with van der Waals surface area (Å²) in [5.74, 6) is 0.879. The van der Waals surface area contributed by atoms with Crippen molar-refractivity contribution in [1.82, 2.24) is 14.7 Å². The van der Waals surface area contributed by atoms with Gasteiger partial charge in [0.1, 0.15) is 0 Å². The smallest absolute Gasteiger partial charge is 0.0203 e. The first-order valence-electron chi connectivity index (χ1n) is 8.74. The molecule has 2 aliphatic rings. The summed E-state index contributed by atoms with van der Waals surface area (Å²) in [4.78, 5) is 8.02. The Hall–Kier alpha value is -0.120. The van der Waals surface area contributed by atoms with Crippen LogP contribution in [0.5, 0.6) is 0 Å². The summed E-state index contributed by atoms with van der Waals surface area (Å²) in [5.41, 5.74) is 0.631. The molecule has 2 fully saturated rings. The van der Waals surface area contributed by atoms with Crippen LogP contribution in [0, 0.1) is 5.92 Å². The summed E-state index contributed by atoms with van der Waals surface area (Å²) >= 11 is 0. The molecule has 3 nitrogen and oxygen atoms in total. The SMILES string of the molecule is CC1CN(CC2CN(C(C)(C)C)C2)CC(C)N1C(C)(C)C. The van der Waals surface area contributed by atoms with Crippen LogP contribution in [0.2, 0.25) is 0 Å². The van der Waals surface area contributed by atoms with Crippen LogP contribution in [-0.4, -0.2) is 70.6 Å². The lowest BCUT2D eigenvalue weighted by atomic mass is 9.91. The van der Waals surface area contributed by atoms with Gasteiger partial charge in [0.2, 0.25) is 0 Å². The largest absolute Gasteiger partial charge is 0.300 e. The Morgan fingerprint density at radius 1 is 0.762 bits per heavy atom. The van der Waals surface area contributed by atoms with Crippen LogP contribution in [0.3, 0.4) is 0 Å². The number of rotatable bonds is 2. The Balaban J connectivity index is 1.83. The first-order valence-corrected chi connectivity index (χ1v) is 8.74. The second-order valence-electron chi connectivity index (χ2n) is 9.44. The molecule has 124 valence electrons. The van der Waals surface area contributed by atoms with Gasteiger partial charge in [0.15, 0.2) is 0 Å². The van der Waals surface area contributed by atoms with Crippen LogP contribution in [0.4, 0.5) is 0 Å². The fourth-order valence-electron chi connectivity index (χ4n) is 4.50. The minimum atomic E-state index is 0.282. The standard InChI is InChI=1S/C18H37N3/c1-14-9-19(10-15(2)21(14)18(6,7)8)11-16-12-20(13-16)17(3,4)5/h14-16H,9-13H2,1-8H3. The fourth-order valence-corrected chi connectivity index (χ4v) is 4.50. The van der Waals surface area contributed by atoms with Crippen LogP contribution >= 0.6 is 0 Å². The zero-order valence-electron chi connectivity index (χ0n) is 15.6. The van der Waals surface area contributed by atoms with Crippen LogP contribution in [0.15, 0.2) is 0 Å². The van der Waals surface area contributed by atoms with E-state index in [1.54, 1.807) is 0 Å². The summed E-state index contributed by atoms with van der Waals surface area (Å²) in [6, 6.07) is 1.32. The van der Waals surface area contributed by atoms with Crippen LogP contribution < -0.4 is 0 Å². The van der Waals surface area contributed by atoms with Crippen molar-refractivity contribution in [3.8, 4) is 0 Å². The molecule has 0 spiro atoms. The zero-order valence-corrected chi connectivity index (χ0v) is 15.6. The van der Waals surface area contributed by atoms with Crippen molar-refractivity contribution >= 4 is 0 Å². The number of piperazine rings is 1. The van der Waals surface area contributed by atoms with E-state index in [2.05, 4.69) is 70.1 Å². The molecular weight excluding hydrogens is 258 g/mol. The topological polar surface area (TPSA) is 9.72 Å². The maximum absolute atomic E-state index is 2.71. The molecule has 0 amide bonds. The Kier molecular flexibility index (Phi) is 4.78. The zero-order chi connectivity index (χ0) is 16.0. The minimum absolute atomic E-state index is 0.282. The number of hydrogen-bond acceptors (Lipinski definition) is 3. The van der Waals surface area contributed by atoms with Gasteiger partial charge in [-0.3, -0.25) is 14.7 Å². The van der Waals surface area contributed by atoms with Crippen molar-refractivity contribution in [3.63, 3.8) is 0 Å². The second kappa shape index (κ2) is 5.82. The van der Waals surface area contributed by atoms with Gasteiger partial charge in [-0.05, 0) is 61.3 Å². The lowest BCUT2D eigenvalue weighted by Crippen LogP contribution is -2.64. The quantitative estimate of drug-likeness (QED) is 0.775. The van der Waals surface area contributed by atoms with E-state index in [-0.39, 0.29) is 5.54 Å². The van der Waals surface area contributed by atoms with Gasteiger partial charge < -0.3 is 0 Å². The second-order valence-corrected chi connectivity index (χ2v) is 9.44. The van der Waals surface area contributed by atoms with Gasteiger partial charge in [-0.25, -0.2) is 0 Å². The van der Waals surface area contributed by atoms with E-state index in [1.165, 1.54) is 32.7 Å². The summed E-state index contributed by atoms with van der Waals surface area (Å²) in [7, 11) is 0. The number of likely N-dealkylation sites (tertiary alicyclic amines) is 1. The molecule has 0 aliphatic carbocycles. The molecule has 0 saturated carbocycles. The molecule has 2 heterocycles. The van der Waals surface area contributed by atoms with Gasteiger partial charge in [-0.15, -0.1) is 0 Å². The highest BCUT2D eigenvalue weighted by Crippen LogP contribution is 2.29. The summed E-state index contributed by atoms with van der Waals surface area (Å²) in [5, 5.41) is 0. The maximum Gasteiger partial charge on any atom is 0.0203 e. The van der Waals surface area contributed by atoms with Crippen molar-refractivity contribution in [2.24, 2.45) is 5.92 Å². The molecule has 3 heteroatoms. The van der Waals surface area contributed by atoms with Gasteiger partial charge in [0, 0.05) is 55.9 Å². The van der Waals surface area contributed by atoms with Gasteiger partial charge in [0.25, 0.3) is 0 Å². The first-order chi connectivity index (χ1) is 9.48. The van der Waals surface area contributed by atoms with E-state index < -0.39 is 0 Å². The number of nitrogens with zero attached hydrogens (tertiary/aromatic N) is 3. The van der Waals surface area contributed by atoms with E-state index in [4.69, 9.17) is 0 Å². The highest BCUT2D eigenvalue weighted by Gasteiger charge is 2.39. The average Bonchev–Trinajstić information content (AvgIpc) is 2.17. The monoisotopic (exact) mass is 295 g/mol. The molecule has 0 N–H and O–H groups in total. The predicted octanol–water partition coefficient (Wildman–Crippen LogP) is 2.91. The molecule has 2 atom stereocenters. The van der Waals surface area contributed by atoms with Gasteiger partial charge in [-0.1, -0.05) is 0 Å². The molecule has 0 aromatic rings. The van der Waals surface area contributed by atoms with Crippen molar-refractivity contribution in [1.29, 1.82) is 0 Å². The molecule has 0 aromatic carbocycles. The Morgan fingerprint density at radius 3 is 1.62 bits per heavy atom. The normalized spacial score (nSPS) is 31.4. The van der Waals surface area contributed by atoms with Crippen molar-refractivity contribution < 1.29 is 0 Å². The molecule has 2 unspecified atom stereocenters. The average molecular weight is 296 g/mol. The minimum Gasteiger partial charge on any atom is -0.300 e. The van der Waals surface area contributed by atoms with Gasteiger partial charge in [0.05, 0.1) is 0 Å². The van der Waals surface area contributed by atoms with E-state index in [0.717, 1.165) is 5.92 Å². The highest BCUT2D eigenvalue weighted by molar-refractivity contribution is 4.95. The molecular formula is C18H37N3. The Labute approximate surface area is 132 Å². The third-order valence-electron chi connectivity index (χ3n) is 5.19. The van der Waals surface area contributed by atoms with Crippen LogP contribution in [0.25, 0.3) is 0 Å². The molecule has 0 aromatic heterocycles. The summed E-state index contributed by atoms with van der Waals surface area (Å²) in [6.45, 7) is 25.2. The number of hydrogen-bond donors (Lipinski definition) is 0. The molecule has 2 saturated heterocycles. The van der Waals surface area contributed by atoms with Crippen molar-refractivity contribution in [3.05, 3.63) is 0 Å². The van der Waals surface area contributed by atoms with E-state index in [1.807, 2.05) is 0 Å². The van der Waals surface area contributed by atoms with Gasteiger partial charge in [-0.2, -0.15) is 0 Å². The third-order valence-corrected chi connectivity index (χ3v) is 5.19. The molecule has 21 heavy (non-hydrogen) atoms. The van der Waals surface area contributed by atoms with Crippen LogP contribution in [-0.2, 0) is 0 Å². The predicted molar refractivity (Wildman–Crippen MR) is 91.8 cm³/mol. The Bertz CT molecular complexity index is 334. The van der Waals surface area contributed by atoms with E-state index >= 15 is 0 Å². The third kappa shape index (κ3) is 4.00. The Morgan fingerprint density at radius 2 is 1.24 bits per heavy atom. The fraction of sp³-hybridized carbons (Fsp3) is 1.00. The van der Waals surface area contributed by atoms with E-state index in [9.17, 15) is 0 Å². The molecule has 2 rings (SSSR count). The highest BCUT2D eigenvalue weighted by atomic mass is 15.3. The molecule has 0 radical (unpaired) electrons. The van der Waals surface area contributed by atoms with Crippen molar-refractivity contribution in [2.45, 2.75) is 78.6 Å². The lowest BCUT2D eigenvalue weighted by molar-refractivity contribution is -0.0488. The molecule has 0 bridgehead atoms. The van der Waals surface area contributed by atoms with Gasteiger partial charge >= 0.3 is 0 Å². The maximum atomic E-state index is 2.71.